The van der Waals surface area contributed by atoms with Gasteiger partial charge in [-0.25, -0.2) is 22.4 Å². The number of aromatic amines is 1. The van der Waals surface area contributed by atoms with Gasteiger partial charge in [0.2, 0.25) is 0 Å². The highest BCUT2D eigenvalue weighted by atomic mass is 19.2. The Balaban J connectivity index is 1.97. The Hall–Kier alpha value is -3.36. The summed E-state index contributed by atoms with van der Waals surface area (Å²) in [7, 11) is 0. The summed E-state index contributed by atoms with van der Waals surface area (Å²) in [5.74, 6) is -4.58. The second kappa shape index (κ2) is 7.94. The number of hydrogen-bond acceptors (Lipinski definition) is 2. The third kappa shape index (κ3) is 3.80. The van der Waals surface area contributed by atoms with Crippen LogP contribution < -0.4 is 10.9 Å². The summed E-state index contributed by atoms with van der Waals surface area (Å²) < 4.78 is 54.2. The molecule has 2 amide bonds. The fourth-order valence-corrected chi connectivity index (χ4v) is 3.18. The average Bonchev–Trinajstić information content (AvgIpc) is 2.68. The fraction of sp³-hybridized carbons (Fsp3) is 0.200. The molecular formula is C20H17F4N3O2. The molecule has 0 unspecified atom stereocenters. The number of halogens is 4. The molecule has 29 heavy (non-hydrogen) atoms. The number of anilines is 1. The van der Waals surface area contributed by atoms with Gasteiger partial charge in [0.05, 0.1) is 11.4 Å². The van der Waals surface area contributed by atoms with E-state index < -0.39 is 46.3 Å². The van der Waals surface area contributed by atoms with Crippen molar-refractivity contribution in [2.24, 2.45) is 0 Å². The first-order chi connectivity index (χ1) is 13.7. The van der Waals surface area contributed by atoms with Crippen LogP contribution in [0, 0.1) is 23.3 Å². The lowest BCUT2D eigenvalue weighted by molar-refractivity contribution is 0.197. The number of carbonyl (C=O) groups excluding carboxylic acids is 1. The molecule has 0 saturated heterocycles. The van der Waals surface area contributed by atoms with Gasteiger partial charge in [0, 0.05) is 24.5 Å². The number of fused-ring (bicyclic) bond motifs is 1. The number of hydrogen-bond donors (Lipinski definition) is 2. The lowest BCUT2D eigenvalue weighted by Gasteiger charge is -2.29. The van der Waals surface area contributed by atoms with Gasteiger partial charge in [-0.2, -0.15) is 0 Å². The van der Waals surface area contributed by atoms with Crippen LogP contribution in [0.25, 0.3) is 10.8 Å². The maximum Gasteiger partial charge on any atom is 0.322 e. The zero-order valence-electron chi connectivity index (χ0n) is 15.5. The van der Waals surface area contributed by atoms with Gasteiger partial charge in [-0.05, 0) is 43.0 Å². The van der Waals surface area contributed by atoms with E-state index in [0.29, 0.717) is 5.56 Å². The number of carbonyl (C=O) groups is 1. The van der Waals surface area contributed by atoms with Gasteiger partial charge in [0.15, 0.2) is 23.3 Å². The number of pyridine rings is 1. The van der Waals surface area contributed by atoms with Gasteiger partial charge in [-0.1, -0.05) is 6.07 Å². The second-order valence-corrected chi connectivity index (χ2v) is 6.38. The van der Waals surface area contributed by atoms with E-state index >= 15 is 0 Å². The van der Waals surface area contributed by atoms with Crippen molar-refractivity contribution in [2.75, 3.05) is 11.9 Å². The molecule has 2 aromatic carbocycles. The molecule has 3 aromatic rings. The Morgan fingerprint density at radius 2 is 1.79 bits per heavy atom. The van der Waals surface area contributed by atoms with Crippen LogP contribution in [0.3, 0.4) is 0 Å². The molecule has 0 bridgehead atoms. The van der Waals surface area contributed by atoms with Gasteiger partial charge in [0.1, 0.15) is 0 Å². The predicted molar refractivity (Wildman–Crippen MR) is 101 cm³/mol. The van der Waals surface area contributed by atoms with Gasteiger partial charge in [-0.15, -0.1) is 0 Å². The van der Waals surface area contributed by atoms with Crippen molar-refractivity contribution < 1.29 is 22.4 Å². The summed E-state index contributed by atoms with van der Waals surface area (Å²) in [6, 6.07) is 3.85. The lowest BCUT2D eigenvalue weighted by atomic mass is 10.0. The van der Waals surface area contributed by atoms with Crippen LogP contribution in [0.2, 0.25) is 0 Å². The Bertz CT molecular complexity index is 1150. The van der Waals surface area contributed by atoms with Gasteiger partial charge < -0.3 is 15.2 Å². The molecule has 0 spiro atoms. The number of aromatic nitrogens is 1. The van der Waals surface area contributed by atoms with Crippen molar-refractivity contribution in [3.63, 3.8) is 0 Å². The van der Waals surface area contributed by atoms with Gasteiger partial charge in [0.25, 0.3) is 5.56 Å². The van der Waals surface area contributed by atoms with Gasteiger partial charge in [-0.3, -0.25) is 4.79 Å². The molecule has 0 radical (unpaired) electrons. The highest BCUT2D eigenvalue weighted by Crippen LogP contribution is 2.28. The smallest absolute Gasteiger partial charge is 0.322 e. The Kier molecular flexibility index (Phi) is 5.58. The van der Waals surface area contributed by atoms with Crippen LogP contribution in [0.4, 0.5) is 28.0 Å². The number of nitrogens with zero attached hydrogens (tertiary/aromatic N) is 1. The summed E-state index contributed by atoms with van der Waals surface area (Å²) in [6.45, 7) is 3.54. The van der Waals surface area contributed by atoms with Crippen molar-refractivity contribution >= 4 is 22.5 Å². The van der Waals surface area contributed by atoms with Crippen LogP contribution in [-0.4, -0.2) is 22.5 Å². The average molecular weight is 407 g/mol. The summed E-state index contributed by atoms with van der Waals surface area (Å²) >= 11 is 0. The minimum atomic E-state index is -1.27. The molecule has 2 N–H and O–H groups in total. The first kappa shape index (κ1) is 20.4. The van der Waals surface area contributed by atoms with E-state index in [1.165, 1.54) is 23.2 Å². The van der Waals surface area contributed by atoms with E-state index in [1.54, 1.807) is 13.8 Å². The summed E-state index contributed by atoms with van der Waals surface area (Å²) in [5.41, 5.74) is -0.345. The first-order valence-electron chi connectivity index (χ1n) is 8.76. The van der Waals surface area contributed by atoms with Crippen LogP contribution in [-0.2, 0) is 0 Å². The van der Waals surface area contributed by atoms with Crippen LogP contribution in [0.15, 0.2) is 41.3 Å². The van der Waals surface area contributed by atoms with E-state index in [0.717, 1.165) is 18.2 Å². The van der Waals surface area contributed by atoms with E-state index in [1.807, 2.05) is 0 Å². The van der Waals surface area contributed by atoms with Crippen molar-refractivity contribution in [3.05, 3.63) is 75.7 Å². The molecule has 3 rings (SSSR count). The second-order valence-electron chi connectivity index (χ2n) is 6.38. The number of nitrogens with one attached hydrogen (secondary N) is 2. The Labute approximate surface area is 163 Å². The highest BCUT2D eigenvalue weighted by molar-refractivity contribution is 5.91. The lowest BCUT2D eigenvalue weighted by Crippen LogP contribution is -2.37. The molecule has 0 aliphatic heterocycles. The molecular weight excluding hydrogens is 390 g/mol. The molecule has 9 heteroatoms. The van der Waals surface area contributed by atoms with E-state index in [9.17, 15) is 27.2 Å². The topological polar surface area (TPSA) is 65.2 Å². The standard InChI is InChI=1S/C20H17F4N3O2/c1-3-27(20(29)26-11-4-6-14(21)16(23)8-11)10(2)13-9-25-19(28)17-12(13)5-7-15(22)18(17)24/h4-10H,3H2,1-2H3,(H,25,28)(H,26,29)/t10-/m1/s1. The largest absolute Gasteiger partial charge is 0.328 e. The fourth-order valence-electron chi connectivity index (χ4n) is 3.18. The molecule has 0 fully saturated rings. The zero-order chi connectivity index (χ0) is 21.3. The molecule has 1 heterocycles. The number of rotatable bonds is 4. The molecule has 0 saturated carbocycles. The third-order valence-electron chi connectivity index (χ3n) is 4.68. The number of urea groups is 1. The normalized spacial score (nSPS) is 12.1. The molecule has 5 nitrogen and oxygen atoms in total. The van der Waals surface area contributed by atoms with E-state index in [4.69, 9.17) is 0 Å². The maximum atomic E-state index is 14.1. The predicted octanol–water partition coefficient (Wildman–Crippen LogP) is 4.70. The monoisotopic (exact) mass is 407 g/mol. The maximum absolute atomic E-state index is 14.1. The minimum absolute atomic E-state index is 0.0546. The quantitative estimate of drug-likeness (QED) is 0.616. The highest BCUT2D eigenvalue weighted by Gasteiger charge is 2.24. The van der Waals surface area contributed by atoms with Gasteiger partial charge >= 0.3 is 6.03 Å². The number of benzene rings is 2. The summed E-state index contributed by atoms with van der Waals surface area (Å²) in [4.78, 5) is 28.4. The number of amides is 2. The van der Waals surface area contributed by atoms with Crippen molar-refractivity contribution in [2.45, 2.75) is 19.9 Å². The van der Waals surface area contributed by atoms with E-state index in [-0.39, 0.29) is 17.6 Å². The van der Waals surface area contributed by atoms with E-state index in [2.05, 4.69) is 10.3 Å². The van der Waals surface area contributed by atoms with Crippen molar-refractivity contribution in [1.82, 2.24) is 9.88 Å². The van der Waals surface area contributed by atoms with Crippen LogP contribution >= 0.6 is 0 Å². The van der Waals surface area contributed by atoms with Crippen LogP contribution in [0.1, 0.15) is 25.5 Å². The third-order valence-corrected chi connectivity index (χ3v) is 4.68. The van der Waals surface area contributed by atoms with Crippen molar-refractivity contribution in [1.29, 1.82) is 0 Å². The first-order valence-corrected chi connectivity index (χ1v) is 8.76. The molecule has 1 aromatic heterocycles. The minimum Gasteiger partial charge on any atom is -0.328 e. The number of H-pyrrole nitrogens is 1. The Morgan fingerprint density at radius 3 is 2.45 bits per heavy atom. The SMILES string of the molecule is CCN(C(=O)Nc1ccc(F)c(F)c1)[C@H](C)c1c[nH]c(=O)c2c(F)c(F)ccc12. The summed E-state index contributed by atoms with van der Waals surface area (Å²) in [6.07, 6.45) is 1.33. The zero-order valence-corrected chi connectivity index (χ0v) is 15.5. The molecule has 0 aliphatic carbocycles. The Morgan fingerprint density at radius 1 is 1.10 bits per heavy atom. The molecule has 0 aliphatic rings. The molecule has 152 valence electrons. The van der Waals surface area contributed by atoms with Crippen molar-refractivity contribution in [3.8, 4) is 0 Å². The van der Waals surface area contributed by atoms with Crippen LogP contribution in [0.5, 0.6) is 0 Å². The molecule has 1 atom stereocenters. The summed E-state index contributed by atoms with van der Waals surface area (Å²) in [5, 5.41) is 2.19.